The van der Waals surface area contributed by atoms with Crippen molar-refractivity contribution >= 4 is 22.5 Å². The first-order valence-electron chi connectivity index (χ1n) is 10.3. The second kappa shape index (κ2) is 7.84. The number of fused-ring (bicyclic) bond motifs is 3. The van der Waals surface area contributed by atoms with Crippen molar-refractivity contribution in [2.75, 3.05) is 13.2 Å². The molecule has 5 rings (SSSR count). The predicted molar refractivity (Wildman–Crippen MR) is 113 cm³/mol. The number of amides is 1. The number of hydrogen-bond donors (Lipinski definition) is 0. The van der Waals surface area contributed by atoms with Gasteiger partial charge in [-0.3, -0.25) is 4.79 Å². The predicted octanol–water partition coefficient (Wildman–Crippen LogP) is 3.41. The molecule has 0 aliphatic carbocycles. The van der Waals surface area contributed by atoms with Crippen molar-refractivity contribution in [3.8, 4) is 0 Å². The van der Waals surface area contributed by atoms with E-state index in [1.807, 2.05) is 47.4 Å². The van der Waals surface area contributed by atoms with Crippen LogP contribution in [0.2, 0.25) is 0 Å². The van der Waals surface area contributed by atoms with E-state index in [1.165, 1.54) is 0 Å². The van der Waals surface area contributed by atoms with Crippen LogP contribution in [0.5, 0.6) is 0 Å². The van der Waals surface area contributed by atoms with E-state index in [2.05, 4.69) is 34.6 Å². The van der Waals surface area contributed by atoms with Gasteiger partial charge in [-0.25, -0.2) is 0 Å². The molecule has 0 bridgehead atoms. The summed E-state index contributed by atoms with van der Waals surface area (Å²) >= 11 is 0. The van der Waals surface area contributed by atoms with Crippen molar-refractivity contribution in [3.05, 3.63) is 71.3 Å². The van der Waals surface area contributed by atoms with Gasteiger partial charge >= 0.3 is 0 Å². The molecule has 1 fully saturated rings. The van der Waals surface area contributed by atoms with Crippen LogP contribution in [0.25, 0.3) is 16.6 Å². The van der Waals surface area contributed by atoms with Gasteiger partial charge in [0.1, 0.15) is 0 Å². The molecule has 0 N–H and O–H groups in total. The van der Waals surface area contributed by atoms with E-state index in [0.29, 0.717) is 24.3 Å². The van der Waals surface area contributed by atoms with Crippen LogP contribution >= 0.6 is 0 Å². The Morgan fingerprint density at radius 2 is 2.07 bits per heavy atom. The summed E-state index contributed by atoms with van der Waals surface area (Å²) in [4.78, 5) is 15.2. The zero-order valence-electron chi connectivity index (χ0n) is 16.9. The third-order valence-corrected chi connectivity index (χ3v) is 5.61. The maximum atomic E-state index is 13.3. The number of tetrazole rings is 1. The number of aryl methyl sites for hydroxylation is 1. The summed E-state index contributed by atoms with van der Waals surface area (Å²) in [7, 11) is 0. The van der Waals surface area contributed by atoms with Gasteiger partial charge in [-0.1, -0.05) is 29.8 Å². The lowest BCUT2D eigenvalue weighted by molar-refractivity contribution is 0.0508. The van der Waals surface area contributed by atoms with Gasteiger partial charge in [-0.2, -0.15) is 4.52 Å². The standard InChI is InChI=1S/C23H23N5O2/c1-16-9-10-21-18(12-16)13-19(22-24-25-26-28(21)22)14-27(15-20-8-5-11-30-20)23(29)17-6-3-2-4-7-17/h2-4,6-7,9-10,12-13,20H,5,8,11,14-15H2,1H3. The highest BCUT2D eigenvalue weighted by molar-refractivity contribution is 5.94. The van der Waals surface area contributed by atoms with Crippen LogP contribution in [0.1, 0.15) is 34.3 Å². The minimum absolute atomic E-state index is 0.0129. The summed E-state index contributed by atoms with van der Waals surface area (Å²) in [5.74, 6) is -0.0129. The number of nitrogens with zero attached hydrogens (tertiary/aromatic N) is 5. The molecule has 2 aromatic heterocycles. The zero-order valence-corrected chi connectivity index (χ0v) is 16.9. The number of benzene rings is 2. The molecule has 1 unspecified atom stereocenters. The second-order valence-electron chi connectivity index (χ2n) is 7.83. The molecule has 0 radical (unpaired) electrons. The Labute approximate surface area is 174 Å². The molecule has 0 spiro atoms. The molecule has 2 aromatic carbocycles. The fraction of sp³-hybridized carbons (Fsp3) is 0.304. The Morgan fingerprint density at radius 3 is 2.87 bits per heavy atom. The van der Waals surface area contributed by atoms with Crippen LogP contribution in [0.4, 0.5) is 0 Å². The first-order valence-corrected chi connectivity index (χ1v) is 10.3. The van der Waals surface area contributed by atoms with Crippen molar-refractivity contribution < 1.29 is 9.53 Å². The number of carbonyl (C=O) groups excluding carboxylic acids is 1. The van der Waals surface area contributed by atoms with Gasteiger partial charge in [0.15, 0.2) is 5.65 Å². The number of rotatable bonds is 5. The number of aromatic nitrogens is 4. The summed E-state index contributed by atoms with van der Waals surface area (Å²) in [5, 5.41) is 13.4. The van der Waals surface area contributed by atoms with E-state index in [4.69, 9.17) is 4.74 Å². The summed E-state index contributed by atoms with van der Waals surface area (Å²) in [5.41, 5.74) is 4.37. The summed E-state index contributed by atoms with van der Waals surface area (Å²) < 4.78 is 7.58. The van der Waals surface area contributed by atoms with Crippen LogP contribution in [0, 0.1) is 6.92 Å². The molecular weight excluding hydrogens is 378 g/mol. The summed E-state index contributed by atoms with van der Waals surface area (Å²) in [6, 6.07) is 17.7. The monoisotopic (exact) mass is 401 g/mol. The topological polar surface area (TPSA) is 72.6 Å². The van der Waals surface area contributed by atoms with Gasteiger partial charge in [0.2, 0.25) is 0 Å². The van der Waals surface area contributed by atoms with Crippen molar-refractivity contribution in [2.24, 2.45) is 0 Å². The van der Waals surface area contributed by atoms with Gasteiger partial charge in [-0.05, 0) is 60.5 Å². The molecule has 1 saturated heterocycles. The second-order valence-corrected chi connectivity index (χ2v) is 7.83. The number of pyridine rings is 1. The van der Waals surface area contributed by atoms with E-state index < -0.39 is 0 Å². The molecule has 4 aromatic rings. The Balaban J connectivity index is 1.55. The lowest BCUT2D eigenvalue weighted by Crippen LogP contribution is -2.37. The molecule has 7 nitrogen and oxygen atoms in total. The molecule has 30 heavy (non-hydrogen) atoms. The average Bonchev–Trinajstić information content (AvgIpc) is 3.45. The third-order valence-electron chi connectivity index (χ3n) is 5.61. The largest absolute Gasteiger partial charge is 0.376 e. The minimum atomic E-state index is -0.0129. The van der Waals surface area contributed by atoms with Gasteiger partial charge in [0.25, 0.3) is 5.91 Å². The number of ether oxygens (including phenoxy) is 1. The first-order chi connectivity index (χ1) is 14.7. The van der Waals surface area contributed by atoms with E-state index >= 15 is 0 Å². The van der Waals surface area contributed by atoms with Gasteiger partial charge in [-0.15, -0.1) is 5.10 Å². The SMILES string of the molecule is Cc1ccc2c(c1)cc(CN(CC1CCCO1)C(=O)c1ccccc1)c1nnnn12. The number of carbonyl (C=O) groups is 1. The summed E-state index contributed by atoms with van der Waals surface area (Å²) in [6.07, 6.45) is 2.07. The smallest absolute Gasteiger partial charge is 0.254 e. The van der Waals surface area contributed by atoms with E-state index in [1.54, 1.807) is 4.52 Å². The molecule has 1 amide bonds. The summed E-state index contributed by atoms with van der Waals surface area (Å²) in [6.45, 7) is 3.78. The van der Waals surface area contributed by atoms with Crippen molar-refractivity contribution in [3.63, 3.8) is 0 Å². The number of hydrogen-bond acceptors (Lipinski definition) is 5. The van der Waals surface area contributed by atoms with E-state index in [9.17, 15) is 4.79 Å². The first kappa shape index (κ1) is 18.7. The molecular formula is C23H23N5O2. The zero-order chi connectivity index (χ0) is 20.5. The highest BCUT2D eigenvalue weighted by Gasteiger charge is 2.25. The van der Waals surface area contributed by atoms with Gasteiger partial charge in [0, 0.05) is 36.2 Å². The maximum Gasteiger partial charge on any atom is 0.254 e. The van der Waals surface area contributed by atoms with E-state index in [0.717, 1.165) is 41.5 Å². The van der Waals surface area contributed by atoms with Gasteiger partial charge < -0.3 is 9.64 Å². The molecule has 0 saturated carbocycles. The van der Waals surface area contributed by atoms with E-state index in [-0.39, 0.29) is 12.0 Å². The quantitative estimate of drug-likeness (QED) is 0.512. The minimum Gasteiger partial charge on any atom is -0.376 e. The Kier molecular flexibility index (Phi) is 4.88. The Hall–Kier alpha value is -3.32. The molecule has 1 aliphatic heterocycles. The van der Waals surface area contributed by atoms with Crippen molar-refractivity contribution in [1.29, 1.82) is 0 Å². The molecule has 152 valence electrons. The third kappa shape index (κ3) is 3.52. The van der Waals surface area contributed by atoms with Crippen molar-refractivity contribution in [1.82, 2.24) is 24.9 Å². The van der Waals surface area contributed by atoms with Crippen LogP contribution in [0.3, 0.4) is 0 Å². The lowest BCUT2D eigenvalue weighted by Gasteiger charge is -2.26. The Morgan fingerprint density at radius 1 is 1.20 bits per heavy atom. The van der Waals surface area contributed by atoms with Crippen LogP contribution < -0.4 is 0 Å². The molecule has 3 heterocycles. The van der Waals surface area contributed by atoms with Crippen LogP contribution in [-0.2, 0) is 11.3 Å². The van der Waals surface area contributed by atoms with Crippen LogP contribution in [0.15, 0.2) is 54.6 Å². The van der Waals surface area contributed by atoms with Gasteiger partial charge in [0.05, 0.1) is 11.6 Å². The Bertz CT molecular complexity index is 1200. The lowest BCUT2D eigenvalue weighted by atomic mass is 10.1. The fourth-order valence-corrected chi connectivity index (χ4v) is 4.12. The normalized spacial score (nSPS) is 16.4. The maximum absolute atomic E-state index is 13.3. The highest BCUT2D eigenvalue weighted by Crippen LogP contribution is 2.23. The molecule has 1 aliphatic rings. The molecule has 1 atom stereocenters. The highest BCUT2D eigenvalue weighted by atomic mass is 16.5. The fourth-order valence-electron chi connectivity index (χ4n) is 4.12. The average molecular weight is 401 g/mol. The molecule has 7 heteroatoms. The van der Waals surface area contributed by atoms with Crippen LogP contribution in [-0.4, -0.2) is 50.1 Å². The van der Waals surface area contributed by atoms with Crippen molar-refractivity contribution in [2.45, 2.75) is 32.4 Å².